The summed E-state index contributed by atoms with van der Waals surface area (Å²) in [4.78, 5) is 4.62. The van der Waals surface area contributed by atoms with E-state index in [1.165, 1.54) is 11.1 Å². The second kappa shape index (κ2) is 4.26. The van der Waals surface area contributed by atoms with Crippen molar-refractivity contribution in [2.75, 3.05) is 6.54 Å². The number of aromatic nitrogens is 2. The number of hydrogen-bond donors (Lipinski definition) is 1. The Balaban J connectivity index is 2.60. The van der Waals surface area contributed by atoms with Gasteiger partial charge in [0.25, 0.3) is 0 Å². The summed E-state index contributed by atoms with van der Waals surface area (Å²) in [7, 11) is 0. The summed E-state index contributed by atoms with van der Waals surface area (Å²) >= 11 is 0. The standard InChI is InChI=1S/C13H19N3/c1-9(2)13-15-10(3)12-5-4-11(6-7-14)8-16(12)13/h4-5,8-9H,6-7,14H2,1-3H3. The predicted octanol–water partition coefficient (Wildman–Crippen LogP) is 2.27. The van der Waals surface area contributed by atoms with E-state index in [9.17, 15) is 0 Å². The van der Waals surface area contributed by atoms with E-state index in [1.54, 1.807) is 0 Å². The molecule has 3 heteroatoms. The second-order valence-corrected chi connectivity index (χ2v) is 4.54. The van der Waals surface area contributed by atoms with Gasteiger partial charge >= 0.3 is 0 Å². The molecule has 0 aromatic carbocycles. The molecular formula is C13H19N3. The van der Waals surface area contributed by atoms with Gasteiger partial charge < -0.3 is 10.1 Å². The van der Waals surface area contributed by atoms with Gasteiger partial charge in [-0.2, -0.15) is 0 Å². The van der Waals surface area contributed by atoms with Crippen LogP contribution < -0.4 is 5.73 Å². The molecular weight excluding hydrogens is 198 g/mol. The van der Waals surface area contributed by atoms with Crippen LogP contribution in [0.15, 0.2) is 18.3 Å². The Morgan fingerprint density at radius 2 is 2.12 bits per heavy atom. The fraction of sp³-hybridized carbons (Fsp3) is 0.462. The third-order valence-electron chi connectivity index (χ3n) is 2.86. The van der Waals surface area contributed by atoms with Gasteiger partial charge in [0.05, 0.1) is 11.2 Å². The molecule has 2 heterocycles. The van der Waals surface area contributed by atoms with Crippen LogP contribution in [0.25, 0.3) is 5.52 Å². The van der Waals surface area contributed by atoms with E-state index in [1.807, 2.05) is 0 Å². The number of pyridine rings is 1. The van der Waals surface area contributed by atoms with Gasteiger partial charge in [0.15, 0.2) is 0 Å². The molecule has 0 saturated heterocycles. The number of imidazole rings is 1. The summed E-state index contributed by atoms with van der Waals surface area (Å²) in [6, 6.07) is 4.28. The smallest absolute Gasteiger partial charge is 0.116 e. The van der Waals surface area contributed by atoms with Crippen LogP contribution in [-0.4, -0.2) is 15.9 Å². The molecule has 0 unspecified atom stereocenters. The molecule has 2 rings (SSSR count). The highest BCUT2D eigenvalue weighted by Gasteiger charge is 2.10. The van der Waals surface area contributed by atoms with Crippen LogP contribution in [-0.2, 0) is 6.42 Å². The van der Waals surface area contributed by atoms with E-state index in [0.717, 1.165) is 17.9 Å². The van der Waals surface area contributed by atoms with E-state index in [4.69, 9.17) is 5.73 Å². The van der Waals surface area contributed by atoms with E-state index >= 15 is 0 Å². The Morgan fingerprint density at radius 1 is 1.38 bits per heavy atom. The molecule has 2 aromatic rings. The summed E-state index contributed by atoms with van der Waals surface area (Å²) in [5, 5.41) is 0. The number of aryl methyl sites for hydroxylation is 1. The maximum atomic E-state index is 5.58. The van der Waals surface area contributed by atoms with Crippen LogP contribution in [0, 0.1) is 6.92 Å². The molecule has 0 amide bonds. The minimum Gasteiger partial charge on any atom is -0.330 e. The van der Waals surface area contributed by atoms with Crippen molar-refractivity contribution >= 4 is 5.52 Å². The van der Waals surface area contributed by atoms with E-state index in [2.05, 4.69) is 48.5 Å². The van der Waals surface area contributed by atoms with Crippen molar-refractivity contribution < 1.29 is 0 Å². The third-order valence-corrected chi connectivity index (χ3v) is 2.86. The quantitative estimate of drug-likeness (QED) is 0.857. The molecule has 2 aromatic heterocycles. The number of hydrogen-bond acceptors (Lipinski definition) is 2. The van der Waals surface area contributed by atoms with Gasteiger partial charge in [0.2, 0.25) is 0 Å². The first-order valence-electron chi connectivity index (χ1n) is 5.81. The van der Waals surface area contributed by atoms with Crippen molar-refractivity contribution in [3.05, 3.63) is 35.4 Å². The fourth-order valence-electron chi connectivity index (χ4n) is 2.03. The first kappa shape index (κ1) is 11.1. The number of rotatable bonds is 3. The lowest BCUT2D eigenvalue weighted by Gasteiger charge is -2.06. The fourth-order valence-corrected chi connectivity index (χ4v) is 2.03. The molecule has 0 radical (unpaired) electrons. The highest BCUT2D eigenvalue weighted by atomic mass is 15.0. The van der Waals surface area contributed by atoms with E-state index in [0.29, 0.717) is 12.5 Å². The van der Waals surface area contributed by atoms with Gasteiger partial charge in [-0.3, -0.25) is 0 Å². The van der Waals surface area contributed by atoms with Crippen LogP contribution in [0.4, 0.5) is 0 Å². The van der Waals surface area contributed by atoms with Gasteiger partial charge in [-0.25, -0.2) is 4.98 Å². The SMILES string of the molecule is Cc1nc(C(C)C)n2cc(CCN)ccc12. The van der Waals surface area contributed by atoms with Crippen molar-refractivity contribution in [1.29, 1.82) is 0 Å². The Bertz CT molecular complexity index is 497. The first-order valence-corrected chi connectivity index (χ1v) is 5.81. The van der Waals surface area contributed by atoms with E-state index < -0.39 is 0 Å². The zero-order chi connectivity index (χ0) is 11.7. The molecule has 0 aliphatic rings. The number of fused-ring (bicyclic) bond motifs is 1. The van der Waals surface area contributed by atoms with Crippen LogP contribution >= 0.6 is 0 Å². The second-order valence-electron chi connectivity index (χ2n) is 4.54. The zero-order valence-corrected chi connectivity index (χ0v) is 10.2. The molecule has 2 N–H and O–H groups in total. The monoisotopic (exact) mass is 217 g/mol. The normalized spacial score (nSPS) is 11.6. The summed E-state index contributed by atoms with van der Waals surface area (Å²) in [5.41, 5.74) is 9.15. The Labute approximate surface area is 96.3 Å². The lowest BCUT2D eigenvalue weighted by Crippen LogP contribution is -2.04. The average molecular weight is 217 g/mol. The molecule has 86 valence electrons. The molecule has 0 spiro atoms. The molecule has 0 saturated carbocycles. The Hall–Kier alpha value is -1.35. The largest absolute Gasteiger partial charge is 0.330 e. The number of nitrogens with two attached hydrogens (primary N) is 1. The van der Waals surface area contributed by atoms with Crippen molar-refractivity contribution in [2.45, 2.75) is 33.1 Å². The van der Waals surface area contributed by atoms with Crippen molar-refractivity contribution in [1.82, 2.24) is 9.38 Å². The van der Waals surface area contributed by atoms with Crippen LogP contribution in [0.5, 0.6) is 0 Å². The summed E-state index contributed by atoms with van der Waals surface area (Å²) < 4.78 is 2.20. The highest BCUT2D eigenvalue weighted by molar-refractivity contribution is 5.53. The van der Waals surface area contributed by atoms with Gasteiger partial charge in [-0.1, -0.05) is 19.9 Å². The molecule has 0 atom stereocenters. The van der Waals surface area contributed by atoms with Crippen molar-refractivity contribution in [3.63, 3.8) is 0 Å². The lowest BCUT2D eigenvalue weighted by atomic mass is 10.2. The van der Waals surface area contributed by atoms with Gasteiger partial charge in [-0.05, 0) is 31.5 Å². The summed E-state index contributed by atoms with van der Waals surface area (Å²) in [6.45, 7) is 7.09. The third kappa shape index (κ3) is 1.83. The first-order chi connectivity index (χ1) is 7.63. The maximum Gasteiger partial charge on any atom is 0.116 e. The zero-order valence-electron chi connectivity index (χ0n) is 10.2. The van der Waals surface area contributed by atoms with Gasteiger partial charge in [0, 0.05) is 12.1 Å². The lowest BCUT2D eigenvalue weighted by molar-refractivity contribution is 0.765. The summed E-state index contributed by atoms with van der Waals surface area (Å²) in [5.74, 6) is 1.57. The molecule has 0 aliphatic carbocycles. The van der Waals surface area contributed by atoms with Gasteiger partial charge in [0.1, 0.15) is 5.82 Å². The Kier molecular flexibility index (Phi) is 2.97. The molecule has 3 nitrogen and oxygen atoms in total. The van der Waals surface area contributed by atoms with Crippen molar-refractivity contribution in [3.8, 4) is 0 Å². The molecule has 0 bridgehead atoms. The Morgan fingerprint density at radius 3 is 2.75 bits per heavy atom. The van der Waals surface area contributed by atoms with Crippen molar-refractivity contribution in [2.24, 2.45) is 5.73 Å². The predicted molar refractivity (Wildman–Crippen MR) is 66.8 cm³/mol. The minimum atomic E-state index is 0.439. The van der Waals surface area contributed by atoms with Crippen LogP contribution in [0.1, 0.15) is 36.8 Å². The van der Waals surface area contributed by atoms with E-state index in [-0.39, 0.29) is 0 Å². The molecule has 0 aliphatic heterocycles. The topological polar surface area (TPSA) is 43.3 Å². The summed E-state index contributed by atoms with van der Waals surface area (Å²) in [6.07, 6.45) is 3.09. The van der Waals surface area contributed by atoms with Crippen LogP contribution in [0.2, 0.25) is 0 Å². The van der Waals surface area contributed by atoms with Gasteiger partial charge in [-0.15, -0.1) is 0 Å². The molecule has 16 heavy (non-hydrogen) atoms. The maximum absolute atomic E-state index is 5.58. The molecule has 0 fully saturated rings. The number of nitrogens with zero attached hydrogens (tertiary/aromatic N) is 2. The van der Waals surface area contributed by atoms with Crippen LogP contribution in [0.3, 0.4) is 0 Å². The average Bonchev–Trinajstić information content (AvgIpc) is 2.57. The minimum absolute atomic E-state index is 0.439. The highest BCUT2D eigenvalue weighted by Crippen LogP contribution is 2.19.